The molecule has 0 saturated carbocycles. The lowest BCUT2D eigenvalue weighted by atomic mass is 9.96. The number of ether oxygens (including phenoxy) is 1. The highest BCUT2D eigenvalue weighted by Crippen LogP contribution is 2.24. The molecule has 2 aromatic carbocycles. The van der Waals surface area contributed by atoms with Crippen LogP contribution in [0.25, 0.3) is 0 Å². The van der Waals surface area contributed by atoms with Crippen molar-refractivity contribution in [2.45, 2.75) is 39.3 Å². The van der Waals surface area contributed by atoms with Crippen LogP contribution in [0.2, 0.25) is 5.02 Å². The Morgan fingerprint density at radius 3 is 2.85 bits per heavy atom. The molecular formula is C22H27ClN2O2. The van der Waals surface area contributed by atoms with Crippen molar-refractivity contribution in [1.82, 2.24) is 4.90 Å². The van der Waals surface area contributed by atoms with E-state index in [2.05, 4.69) is 10.2 Å². The van der Waals surface area contributed by atoms with Gasteiger partial charge in [0.25, 0.3) is 0 Å². The van der Waals surface area contributed by atoms with Gasteiger partial charge in [0.1, 0.15) is 5.75 Å². The quantitative estimate of drug-likeness (QED) is 0.761. The van der Waals surface area contributed by atoms with Gasteiger partial charge in [0.2, 0.25) is 5.91 Å². The number of benzene rings is 2. The number of nitrogens with one attached hydrogen (secondary N) is 1. The fraction of sp³-hybridized carbons (Fsp3) is 0.409. The molecule has 0 aromatic heterocycles. The molecule has 2 aromatic rings. The van der Waals surface area contributed by atoms with E-state index in [1.807, 2.05) is 62.4 Å². The van der Waals surface area contributed by atoms with Crippen molar-refractivity contribution < 1.29 is 9.53 Å². The maximum Gasteiger partial charge on any atom is 0.228 e. The number of hydrogen-bond donors (Lipinski definition) is 1. The number of halogens is 1. The SMILES string of the molecule is CC(C)Oc1cccc(NC(=O)[C@@H]2CCCN(Cc3ccccc3Cl)C2)c1. The van der Waals surface area contributed by atoms with Crippen LogP contribution in [0.1, 0.15) is 32.3 Å². The summed E-state index contributed by atoms with van der Waals surface area (Å²) in [4.78, 5) is 15.1. The average Bonchev–Trinajstić information content (AvgIpc) is 2.64. The molecule has 0 aliphatic carbocycles. The average molecular weight is 387 g/mol. The van der Waals surface area contributed by atoms with E-state index >= 15 is 0 Å². The van der Waals surface area contributed by atoms with Gasteiger partial charge in [0, 0.05) is 29.9 Å². The second-order valence-corrected chi connectivity index (χ2v) is 7.76. The largest absolute Gasteiger partial charge is 0.491 e. The molecule has 144 valence electrons. The monoisotopic (exact) mass is 386 g/mol. The molecule has 1 aliphatic rings. The number of hydrogen-bond acceptors (Lipinski definition) is 3. The number of piperidine rings is 1. The predicted octanol–water partition coefficient (Wildman–Crippen LogP) is 4.98. The fourth-order valence-electron chi connectivity index (χ4n) is 3.44. The summed E-state index contributed by atoms with van der Waals surface area (Å²) < 4.78 is 5.70. The van der Waals surface area contributed by atoms with Gasteiger partial charge in [-0.05, 0) is 57.0 Å². The standard InChI is InChI=1S/C22H27ClN2O2/c1-16(2)27-20-10-5-9-19(13-20)24-22(26)18-8-6-12-25(15-18)14-17-7-3-4-11-21(17)23/h3-5,7,9-11,13,16,18H,6,8,12,14-15H2,1-2H3,(H,24,26)/t18-/m1/s1. The third-order valence-electron chi connectivity index (χ3n) is 4.70. The highest BCUT2D eigenvalue weighted by molar-refractivity contribution is 6.31. The smallest absolute Gasteiger partial charge is 0.228 e. The number of anilines is 1. The first-order valence-electron chi connectivity index (χ1n) is 9.54. The molecule has 0 bridgehead atoms. The van der Waals surface area contributed by atoms with E-state index in [1.54, 1.807) is 0 Å². The Morgan fingerprint density at radius 2 is 2.07 bits per heavy atom. The van der Waals surface area contributed by atoms with Gasteiger partial charge < -0.3 is 10.1 Å². The van der Waals surface area contributed by atoms with Gasteiger partial charge >= 0.3 is 0 Å². The summed E-state index contributed by atoms with van der Waals surface area (Å²) in [5.74, 6) is 0.822. The first-order chi connectivity index (χ1) is 13.0. The molecule has 1 amide bonds. The number of carbonyl (C=O) groups excluding carboxylic acids is 1. The maximum absolute atomic E-state index is 12.8. The molecular weight excluding hydrogens is 360 g/mol. The molecule has 1 saturated heterocycles. The van der Waals surface area contributed by atoms with Crippen molar-refractivity contribution in [1.29, 1.82) is 0 Å². The summed E-state index contributed by atoms with van der Waals surface area (Å²) in [7, 11) is 0. The third-order valence-corrected chi connectivity index (χ3v) is 5.07. The first kappa shape index (κ1) is 19.7. The second-order valence-electron chi connectivity index (χ2n) is 7.35. The highest BCUT2D eigenvalue weighted by Gasteiger charge is 2.26. The summed E-state index contributed by atoms with van der Waals surface area (Å²) in [6, 6.07) is 15.5. The Morgan fingerprint density at radius 1 is 1.26 bits per heavy atom. The molecule has 5 heteroatoms. The molecule has 1 heterocycles. The van der Waals surface area contributed by atoms with E-state index < -0.39 is 0 Å². The van der Waals surface area contributed by atoms with Gasteiger partial charge in [-0.3, -0.25) is 9.69 Å². The summed E-state index contributed by atoms with van der Waals surface area (Å²) in [5, 5.41) is 3.83. The summed E-state index contributed by atoms with van der Waals surface area (Å²) >= 11 is 6.28. The van der Waals surface area contributed by atoms with E-state index in [1.165, 1.54) is 0 Å². The lowest BCUT2D eigenvalue weighted by molar-refractivity contribution is -0.121. The topological polar surface area (TPSA) is 41.6 Å². The Kier molecular flexibility index (Phi) is 6.75. The van der Waals surface area contributed by atoms with Gasteiger partial charge in [-0.2, -0.15) is 0 Å². The van der Waals surface area contributed by atoms with Gasteiger partial charge in [0.05, 0.1) is 12.0 Å². The number of carbonyl (C=O) groups is 1. The minimum absolute atomic E-state index is 0.0177. The zero-order valence-corrected chi connectivity index (χ0v) is 16.7. The number of amides is 1. The minimum atomic E-state index is -0.0177. The van der Waals surface area contributed by atoms with Crippen LogP contribution in [-0.4, -0.2) is 30.0 Å². The van der Waals surface area contributed by atoms with Crippen LogP contribution in [-0.2, 0) is 11.3 Å². The molecule has 3 rings (SSSR count). The highest BCUT2D eigenvalue weighted by atomic mass is 35.5. The van der Waals surface area contributed by atoms with Crippen LogP contribution in [0, 0.1) is 5.92 Å². The zero-order chi connectivity index (χ0) is 19.2. The normalized spacial score (nSPS) is 17.7. The van der Waals surface area contributed by atoms with Crippen LogP contribution in [0.3, 0.4) is 0 Å². The van der Waals surface area contributed by atoms with E-state index in [0.717, 1.165) is 54.5 Å². The molecule has 1 aliphatic heterocycles. The maximum atomic E-state index is 12.8. The first-order valence-corrected chi connectivity index (χ1v) is 9.92. The molecule has 1 atom stereocenters. The van der Waals surface area contributed by atoms with E-state index in [4.69, 9.17) is 16.3 Å². The Hall–Kier alpha value is -2.04. The third kappa shape index (κ3) is 5.72. The van der Waals surface area contributed by atoms with Crippen molar-refractivity contribution in [3.05, 3.63) is 59.1 Å². The van der Waals surface area contributed by atoms with E-state index in [0.29, 0.717) is 0 Å². The van der Waals surface area contributed by atoms with Crippen molar-refractivity contribution >= 4 is 23.2 Å². The molecule has 0 unspecified atom stereocenters. The molecule has 27 heavy (non-hydrogen) atoms. The van der Waals surface area contributed by atoms with Crippen LogP contribution in [0.15, 0.2) is 48.5 Å². The predicted molar refractivity (Wildman–Crippen MR) is 110 cm³/mol. The van der Waals surface area contributed by atoms with Gasteiger partial charge in [-0.25, -0.2) is 0 Å². The van der Waals surface area contributed by atoms with E-state index in [-0.39, 0.29) is 17.9 Å². The molecule has 0 radical (unpaired) electrons. The summed E-state index contributed by atoms with van der Waals surface area (Å²) in [6.07, 6.45) is 2.03. The van der Waals surface area contributed by atoms with Crippen molar-refractivity contribution in [2.24, 2.45) is 5.92 Å². The summed E-state index contributed by atoms with van der Waals surface area (Å²) in [6.45, 7) is 6.49. The van der Waals surface area contributed by atoms with Crippen molar-refractivity contribution in [3.63, 3.8) is 0 Å². The second kappa shape index (κ2) is 9.25. The van der Waals surface area contributed by atoms with Crippen LogP contribution >= 0.6 is 11.6 Å². The van der Waals surface area contributed by atoms with Crippen LogP contribution in [0.5, 0.6) is 5.75 Å². The van der Waals surface area contributed by atoms with Crippen molar-refractivity contribution in [3.8, 4) is 5.75 Å². The fourth-order valence-corrected chi connectivity index (χ4v) is 3.64. The van der Waals surface area contributed by atoms with Crippen molar-refractivity contribution in [2.75, 3.05) is 18.4 Å². The van der Waals surface area contributed by atoms with Crippen LogP contribution in [0.4, 0.5) is 5.69 Å². The van der Waals surface area contributed by atoms with Gasteiger partial charge in [-0.1, -0.05) is 35.9 Å². The zero-order valence-electron chi connectivity index (χ0n) is 16.0. The van der Waals surface area contributed by atoms with Gasteiger partial charge in [-0.15, -0.1) is 0 Å². The molecule has 4 nitrogen and oxygen atoms in total. The van der Waals surface area contributed by atoms with Crippen LogP contribution < -0.4 is 10.1 Å². The Labute approximate surface area is 166 Å². The number of rotatable bonds is 6. The summed E-state index contributed by atoms with van der Waals surface area (Å²) in [5.41, 5.74) is 1.89. The van der Waals surface area contributed by atoms with Gasteiger partial charge in [0.15, 0.2) is 0 Å². The number of nitrogens with zero attached hydrogens (tertiary/aromatic N) is 1. The molecule has 1 fully saturated rings. The number of likely N-dealkylation sites (tertiary alicyclic amines) is 1. The van der Waals surface area contributed by atoms with E-state index in [9.17, 15) is 4.79 Å². The molecule has 0 spiro atoms. The lowest BCUT2D eigenvalue weighted by Gasteiger charge is -2.32. The Balaban J connectivity index is 1.59. The Bertz CT molecular complexity index is 778. The lowest BCUT2D eigenvalue weighted by Crippen LogP contribution is -2.40. The minimum Gasteiger partial charge on any atom is -0.491 e. The molecule has 1 N–H and O–H groups in total.